The van der Waals surface area contributed by atoms with Gasteiger partial charge >= 0.3 is 5.97 Å². The Morgan fingerprint density at radius 1 is 1.17 bits per heavy atom. The minimum atomic E-state index is -0.471. The maximum Gasteiger partial charge on any atom is 0.341 e. The van der Waals surface area contributed by atoms with Crippen LogP contribution in [0.3, 0.4) is 0 Å². The number of esters is 1. The first-order valence-corrected chi connectivity index (χ1v) is 7.99. The van der Waals surface area contributed by atoms with Gasteiger partial charge in [0, 0.05) is 17.6 Å². The van der Waals surface area contributed by atoms with Crippen molar-refractivity contribution in [1.29, 1.82) is 0 Å². The van der Waals surface area contributed by atoms with E-state index in [1.54, 1.807) is 19.1 Å². The van der Waals surface area contributed by atoms with Gasteiger partial charge in [0.15, 0.2) is 0 Å². The SMILES string of the molecule is CCOC(=O)c1cnc2cc(OCc3ccccc3)ccc2c1Cl. The summed E-state index contributed by atoms with van der Waals surface area (Å²) in [6, 6.07) is 15.3. The van der Waals surface area contributed by atoms with Gasteiger partial charge in [-0.15, -0.1) is 0 Å². The molecule has 0 N–H and O–H groups in total. The lowest BCUT2D eigenvalue weighted by atomic mass is 10.1. The molecule has 4 nitrogen and oxygen atoms in total. The second kappa shape index (κ2) is 7.32. The maximum atomic E-state index is 11.9. The molecule has 2 aromatic carbocycles. The number of pyridine rings is 1. The Morgan fingerprint density at radius 2 is 1.96 bits per heavy atom. The molecule has 1 aromatic heterocycles. The molecule has 3 aromatic rings. The van der Waals surface area contributed by atoms with Crippen LogP contribution in [0.5, 0.6) is 5.75 Å². The molecule has 3 rings (SSSR count). The molecule has 0 fully saturated rings. The smallest absolute Gasteiger partial charge is 0.341 e. The second-order valence-corrected chi connectivity index (χ2v) is 5.54. The van der Waals surface area contributed by atoms with Crippen LogP contribution in [0.4, 0.5) is 0 Å². The van der Waals surface area contributed by atoms with Crippen LogP contribution in [0.25, 0.3) is 10.9 Å². The van der Waals surface area contributed by atoms with Crippen LogP contribution in [-0.4, -0.2) is 17.6 Å². The van der Waals surface area contributed by atoms with Crippen LogP contribution in [-0.2, 0) is 11.3 Å². The zero-order valence-electron chi connectivity index (χ0n) is 13.2. The van der Waals surface area contributed by atoms with Crippen molar-refractivity contribution in [1.82, 2.24) is 4.98 Å². The molecule has 0 saturated carbocycles. The first kappa shape index (κ1) is 16.3. The highest BCUT2D eigenvalue weighted by Gasteiger charge is 2.15. The highest BCUT2D eigenvalue weighted by atomic mass is 35.5. The number of fused-ring (bicyclic) bond motifs is 1. The molecule has 1 heterocycles. The number of benzene rings is 2. The van der Waals surface area contributed by atoms with E-state index in [9.17, 15) is 4.79 Å². The van der Waals surface area contributed by atoms with Gasteiger partial charge < -0.3 is 9.47 Å². The third kappa shape index (κ3) is 3.49. The molecule has 0 bridgehead atoms. The summed E-state index contributed by atoms with van der Waals surface area (Å²) in [6.07, 6.45) is 1.43. The van der Waals surface area contributed by atoms with Gasteiger partial charge in [-0.3, -0.25) is 4.98 Å². The monoisotopic (exact) mass is 341 g/mol. The number of carbonyl (C=O) groups is 1. The molecule has 0 aliphatic carbocycles. The molecule has 0 aliphatic rings. The van der Waals surface area contributed by atoms with Crippen LogP contribution >= 0.6 is 11.6 Å². The van der Waals surface area contributed by atoms with Gasteiger partial charge in [0.25, 0.3) is 0 Å². The molecule has 0 aliphatic heterocycles. The average Bonchev–Trinajstić information content (AvgIpc) is 2.61. The summed E-state index contributed by atoms with van der Waals surface area (Å²) < 4.78 is 10.8. The molecule has 122 valence electrons. The summed E-state index contributed by atoms with van der Waals surface area (Å²) in [5.41, 5.74) is 2.02. The number of carbonyl (C=O) groups excluding carboxylic acids is 1. The highest BCUT2D eigenvalue weighted by molar-refractivity contribution is 6.38. The summed E-state index contributed by atoms with van der Waals surface area (Å²) in [4.78, 5) is 16.2. The van der Waals surface area contributed by atoms with Gasteiger partial charge in [0.1, 0.15) is 12.4 Å². The standard InChI is InChI=1S/C19H16ClNO3/c1-2-23-19(22)16-11-21-17-10-14(8-9-15(17)18(16)20)24-12-13-6-4-3-5-7-13/h3-11H,2,12H2,1H3. The molecule has 0 spiro atoms. The van der Waals surface area contributed by atoms with E-state index in [1.807, 2.05) is 36.4 Å². The Hall–Kier alpha value is -2.59. The Labute approximate surface area is 145 Å². The minimum Gasteiger partial charge on any atom is -0.489 e. The number of halogens is 1. The maximum absolute atomic E-state index is 11.9. The summed E-state index contributed by atoms with van der Waals surface area (Å²) >= 11 is 6.32. The van der Waals surface area contributed by atoms with Crippen molar-refractivity contribution >= 4 is 28.5 Å². The second-order valence-electron chi connectivity index (χ2n) is 5.16. The van der Waals surface area contributed by atoms with Crippen LogP contribution in [0.2, 0.25) is 5.02 Å². The van der Waals surface area contributed by atoms with Crippen molar-refractivity contribution in [3.63, 3.8) is 0 Å². The number of rotatable bonds is 5. The van der Waals surface area contributed by atoms with Crippen molar-refractivity contribution < 1.29 is 14.3 Å². The molecule has 5 heteroatoms. The summed E-state index contributed by atoms with van der Waals surface area (Å²) in [6.45, 7) is 2.51. The van der Waals surface area contributed by atoms with Crippen LogP contribution in [0.1, 0.15) is 22.8 Å². The molecule has 0 radical (unpaired) electrons. The van der Waals surface area contributed by atoms with Gasteiger partial charge in [-0.2, -0.15) is 0 Å². The fourth-order valence-corrected chi connectivity index (χ4v) is 2.61. The van der Waals surface area contributed by atoms with Gasteiger partial charge in [0.2, 0.25) is 0 Å². The number of aromatic nitrogens is 1. The Morgan fingerprint density at radius 3 is 2.71 bits per heavy atom. The molecule has 24 heavy (non-hydrogen) atoms. The van der Waals surface area contributed by atoms with Gasteiger partial charge in [-0.25, -0.2) is 4.79 Å². The minimum absolute atomic E-state index is 0.268. The fraction of sp³-hybridized carbons (Fsp3) is 0.158. The summed E-state index contributed by atoms with van der Waals surface area (Å²) in [7, 11) is 0. The zero-order valence-corrected chi connectivity index (χ0v) is 13.9. The van der Waals surface area contributed by atoms with Gasteiger partial charge in [-0.1, -0.05) is 41.9 Å². The lowest BCUT2D eigenvalue weighted by Crippen LogP contribution is -2.06. The van der Waals surface area contributed by atoms with Crippen molar-refractivity contribution in [3.05, 3.63) is 70.9 Å². The lowest BCUT2D eigenvalue weighted by Gasteiger charge is -2.09. The van der Waals surface area contributed by atoms with E-state index in [2.05, 4.69) is 4.98 Å². The molecule has 0 amide bonds. The topological polar surface area (TPSA) is 48.4 Å². The Bertz CT molecular complexity index is 865. The number of nitrogens with zero attached hydrogens (tertiary/aromatic N) is 1. The van der Waals surface area contributed by atoms with Crippen LogP contribution in [0, 0.1) is 0 Å². The molecular formula is C19H16ClNO3. The van der Waals surface area contributed by atoms with Crippen molar-refractivity contribution in [3.8, 4) is 5.75 Å². The molecular weight excluding hydrogens is 326 g/mol. The normalized spacial score (nSPS) is 10.6. The van der Waals surface area contributed by atoms with Crippen LogP contribution in [0.15, 0.2) is 54.7 Å². The number of hydrogen-bond donors (Lipinski definition) is 0. The quantitative estimate of drug-likeness (QED) is 0.634. The lowest BCUT2D eigenvalue weighted by molar-refractivity contribution is 0.0526. The van der Waals surface area contributed by atoms with Crippen molar-refractivity contribution in [2.24, 2.45) is 0 Å². The first-order chi connectivity index (χ1) is 11.7. The van der Waals surface area contributed by atoms with E-state index in [1.165, 1.54) is 6.20 Å². The molecule has 0 saturated heterocycles. The number of hydrogen-bond acceptors (Lipinski definition) is 4. The Kier molecular flexibility index (Phi) is 4.96. The number of ether oxygens (including phenoxy) is 2. The van der Waals surface area contributed by atoms with Crippen LogP contribution < -0.4 is 4.74 Å². The summed E-state index contributed by atoms with van der Waals surface area (Å²) in [5, 5.41) is 1.03. The van der Waals surface area contributed by atoms with Crippen molar-refractivity contribution in [2.75, 3.05) is 6.61 Å². The van der Waals surface area contributed by atoms with Crippen molar-refractivity contribution in [2.45, 2.75) is 13.5 Å². The van der Waals surface area contributed by atoms with Gasteiger partial charge in [-0.05, 0) is 24.6 Å². The zero-order chi connectivity index (χ0) is 16.9. The van der Waals surface area contributed by atoms with E-state index in [0.717, 1.165) is 5.56 Å². The molecule has 0 atom stereocenters. The van der Waals surface area contributed by atoms with E-state index in [-0.39, 0.29) is 5.56 Å². The fourth-order valence-electron chi connectivity index (χ4n) is 2.32. The largest absolute Gasteiger partial charge is 0.489 e. The van der Waals surface area contributed by atoms with Gasteiger partial charge in [0.05, 0.1) is 22.7 Å². The highest BCUT2D eigenvalue weighted by Crippen LogP contribution is 2.29. The predicted octanol–water partition coefficient (Wildman–Crippen LogP) is 4.64. The third-order valence-corrected chi connectivity index (χ3v) is 3.93. The first-order valence-electron chi connectivity index (χ1n) is 7.61. The van der Waals surface area contributed by atoms with E-state index < -0.39 is 5.97 Å². The van der Waals surface area contributed by atoms with E-state index in [4.69, 9.17) is 21.1 Å². The Balaban J connectivity index is 1.84. The average molecular weight is 342 g/mol. The third-order valence-electron chi connectivity index (χ3n) is 3.52. The van der Waals surface area contributed by atoms with E-state index in [0.29, 0.717) is 34.9 Å². The van der Waals surface area contributed by atoms with E-state index >= 15 is 0 Å². The summed E-state index contributed by atoms with van der Waals surface area (Å²) in [5.74, 6) is 0.222. The predicted molar refractivity (Wildman–Crippen MR) is 93.5 cm³/mol. The molecule has 0 unspecified atom stereocenters.